The molecule has 0 spiro atoms. The fourth-order valence-corrected chi connectivity index (χ4v) is 1.86. The van der Waals surface area contributed by atoms with Crippen LogP contribution in [0.2, 0.25) is 0 Å². The summed E-state index contributed by atoms with van der Waals surface area (Å²) in [6.45, 7) is 3.92. The van der Waals surface area contributed by atoms with Crippen LogP contribution in [-0.2, 0) is 0 Å². The van der Waals surface area contributed by atoms with E-state index >= 15 is 0 Å². The molecule has 2 N–H and O–H groups in total. The van der Waals surface area contributed by atoms with Crippen LogP contribution in [0.5, 0.6) is 0 Å². The lowest BCUT2D eigenvalue weighted by Crippen LogP contribution is -2.03. The third-order valence-electron chi connectivity index (χ3n) is 2.07. The van der Waals surface area contributed by atoms with Gasteiger partial charge in [-0.15, -0.1) is 11.8 Å². The minimum absolute atomic E-state index is 0.207. The van der Waals surface area contributed by atoms with Crippen LogP contribution in [-0.4, -0.2) is 27.6 Å². The van der Waals surface area contributed by atoms with Crippen LogP contribution in [0.3, 0.4) is 0 Å². The van der Waals surface area contributed by atoms with Gasteiger partial charge in [0, 0.05) is 18.6 Å². The van der Waals surface area contributed by atoms with Crippen LogP contribution in [0.15, 0.2) is 23.4 Å². The Morgan fingerprint density at radius 3 is 2.60 bits per heavy atom. The van der Waals surface area contributed by atoms with E-state index in [0.29, 0.717) is 0 Å². The van der Waals surface area contributed by atoms with Gasteiger partial charge in [-0.25, -0.2) is 4.98 Å². The zero-order chi connectivity index (χ0) is 11.3. The van der Waals surface area contributed by atoms with E-state index in [2.05, 4.69) is 4.98 Å². The molecule has 0 radical (unpaired) electrons. The fourth-order valence-electron chi connectivity index (χ4n) is 1.00. The summed E-state index contributed by atoms with van der Waals surface area (Å²) in [5, 5.41) is 19.1. The number of nitrogens with zero attached hydrogens (tertiary/aromatic N) is 1. The van der Waals surface area contributed by atoms with Crippen molar-refractivity contribution in [2.75, 3.05) is 12.4 Å². The van der Waals surface area contributed by atoms with Crippen LogP contribution in [0.4, 0.5) is 0 Å². The highest BCUT2D eigenvalue weighted by Crippen LogP contribution is 2.20. The van der Waals surface area contributed by atoms with E-state index in [1.807, 2.05) is 19.1 Å². The van der Waals surface area contributed by atoms with Gasteiger partial charge in [-0.05, 0) is 24.5 Å². The average molecular weight is 227 g/mol. The predicted molar refractivity (Wildman–Crippen MR) is 61.8 cm³/mol. The van der Waals surface area contributed by atoms with Gasteiger partial charge in [-0.2, -0.15) is 0 Å². The standard InChI is InChI=1S/C11H17NO2S/c1-8(6-13)7-15-11-4-3-10(5-12-11)9(2)14/h3-5,8-9,13-14H,6-7H2,1-2H3/t8?,9-/m0/s1. The van der Waals surface area contributed by atoms with Gasteiger partial charge in [0.05, 0.1) is 11.1 Å². The molecular formula is C11H17NO2S. The highest BCUT2D eigenvalue weighted by atomic mass is 32.2. The summed E-state index contributed by atoms with van der Waals surface area (Å²) in [6, 6.07) is 3.78. The topological polar surface area (TPSA) is 53.4 Å². The number of pyridine rings is 1. The molecule has 0 aliphatic heterocycles. The van der Waals surface area contributed by atoms with Crippen LogP contribution in [0.1, 0.15) is 25.5 Å². The molecular weight excluding hydrogens is 210 g/mol. The molecule has 0 saturated carbocycles. The average Bonchev–Trinajstić information content (AvgIpc) is 2.26. The van der Waals surface area contributed by atoms with Crippen LogP contribution >= 0.6 is 11.8 Å². The second kappa shape index (κ2) is 6.10. The smallest absolute Gasteiger partial charge is 0.0960 e. The molecule has 1 rings (SSSR count). The number of rotatable bonds is 5. The first-order valence-corrected chi connectivity index (χ1v) is 5.99. The summed E-state index contributed by atoms with van der Waals surface area (Å²) >= 11 is 1.62. The van der Waals surface area contributed by atoms with E-state index in [0.717, 1.165) is 16.3 Å². The first-order chi connectivity index (χ1) is 7.13. The van der Waals surface area contributed by atoms with E-state index in [1.165, 1.54) is 0 Å². The number of aliphatic hydroxyl groups is 2. The second-order valence-corrected chi connectivity index (χ2v) is 4.74. The van der Waals surface area contributed by atoms with E-state index in [1.54, 1.807) is 24.9 Å². The maximum absolute atomic E-state index is 9.29. The number of aromatic nitrogens is 1. The Bertz CT molecular complexity index is 287. The van der Waals surface area contributed by atoms with Gasteiger partial charge in [-0.1, -0.05) is 13.0 Å². The van der Waals surface area contributed by atoms with Gasteiger partial charge in [0.1, 0.15) is 0 Å². The predicted octanol–water partition coefficient (Wildman–Crippen LogP) is 1.86. The summed E-state index contributed by atoms with van der Waals surface area (Å²) in [4.78, 5) is 4.23. The van der Waals surface area contributed by atoms with Crippen LogP contribution in [0, 0.1) is 5.92 Å². The molecule has 0 fully saturated rings. The highest BCUT2D eigenvalue weighted by Gasteiger charge is 2.04. The molecule has 15 heavy (non-hydrogen) atoms. The Balaban J connectivity index is 2.50. The summed E-state index contributed by atoms with van der Waals surface area (Å²) in [7, 11) is 0. The van der Waals surface area contributed by atoms with Crippen molar-refractivity contribution < 1.29 is 10.2 Å². The maximum Gasteiger partial charge on any atom is 0.0960 e. The summed E-state index contributed by atoms with van der Waals surface area (Å²) in [6.07, 6.45) is 1.23. The van der Waals surface area contributed by atoms with Crippen molar-refractivity contribution >= 4 is 11.8 Å². The van der Waals surface area contributed by atoms with Gasteiger partial charge in [0.25, 0.3) is 0 Å². The van der Waals surface area contributed by atoms with Gasteiger partial charge < -0.3 is 10.2 Å². The molecule has 0 amide bonds. The minimum Gasteiger partial charge on any atom is -0.396 e. The van der Waals surface area contributed by atoms with Crippen LogP contribution < -0.4 is 0 Å². The Morgan fingerprint density at radius 2 is 2.13 bits per heavy atom. The van der Waals surface area contributed by atoms with E-state index in [9.17, 15) is 5.11 Å². The molecule has 0 aliphatic carbocycles. The van der Waals surface area contributed by atoms with Crippen molar-refractivity contribution in [2.45, 2.75) is 25.0 Å². The molecule has 4 heteroatoms. The van der Waals surface area contributed by atoms with Crippen molar-refractivity contribution in [3.05, 3.63) is 23.9 Å². The van der Waals surface area contributed by atoms with E-state index in [-0.39, 0.29) is 12.5 Å². The lowest BCUT2D eigenvalue weighted by Gasteiger charge is -2.07. The molecule has 1 aromatic heterocycles. The molecule has 1 unspecified atom stereocenters. The van der Waals surface area contributed by atoms with Crippen molar-refractivity contribution in [3.63, 3.8) is 0 Å². The minimum atomic E-state index is -0.465. The number of hydrogen-bond donors (Lipinski definition) is 2. The molecule has 1 aromatic rings. The Labute approximate surface area is 94.6 Å². The molecule has 1 heterocycles. The summed E-state index contributed by atoms with van der Waals surface area (Å²) < 4.78 is 0. The third kappa shape index (κ3) is 4.20. The van der Waals surface area contributed by atoms with Crippen LogP contribution in [0.25, 0.3) is 0 Å². The molecule has 2 atom stereocenters. The molecule has 0 bridgehead atoms. The van der Waals surface area contributed by atoms with Gasteiger partial charge >= 0.3 is 0 Å². The summed E-state index contributed by atoms with van der Waals surface area (Å²) in [5.74, 6) is 1.14. The number of hydrogen-bond acceptors (Lipinski definition) is 4. The zero-order valence-electron chi connectivity index (χ0n) is 9.05. The van der Waals surface area contributed by atoms with Crippen molar-refractivity contribution in [1.29, 1.82) is 0 Å². The van der Waals surface area contributed by atoms with Crippen molar-refractivity contribution in [1.82, 2.24) is 4.98 Å². The van der Waals surface area contributed by atoms with E-state index < -0.39 is 6.10 Å². The number of thioether (sulfide) groups is 1. The maximum atomic E-state index is 9.29. The Morgan fingerprint density at radius 1 is 1.40 bits per heavy atom. The molecule has 0 aromatic carbocycles. The SMILES string of the molecule is CC(CO)CSc1ccc([C@H](C)O)cn1. The first-order valence-electron chi connectivity index (χ1n) is 5.01. The molecule has 0 saturated heterocycles. The largest absolute Gasteiger partial charge is 0.396 e. The fraction of sp³-hybridized carbons (Fsp3) is 0.545. The van der Waals surface area contributed by atoms with Gasteiger partial charge in [0.15, 0.2) is 0 Å². The quantitative estimate of drug-likeness (QED) is 0.754. The van der Waals surface area contributed by atoms with Crippen molar-refractivity contribution in [3.8, 4) is 0 Å². The molecule has 3 nitrogen and oxygen atoms in total. The highest BCUT2D eigenvalue weighted by molar-refractivity contribution is 7.99. The monoisotopic (exact) mass is 227 g/mol. The van der Waals surface area contributed by atoms with Gasteiger partial charge in [-0.3, -0.25) is 0 Å². The second-order valence-electron chi connectivity index (χ2n) is 3.70. The van der Waals surface area contributed by atoms with E-state index in [4.69, 9.17) is 5.11 Å². The Hall–Kier alpha value is -0.580. The Kier molecular flexibility index (Phi) is 5.08. The summed E-state index contributed by atoms with van der Waals surface area (Å²) in [5.41, 5.74) is 0.828. The van der Waals surface area contributed by atoms with Crippen molar-refractivity contribution in [2.24, 2.45) is 5.92 Å². The number of aliphatic hydroxyl groups excluding tert-OH is 2. The third-order valence-corrected chi connectivity index (χ3v) is 3.34. The first kappa shape index (κ1) is 12.5. The molecule has 0 aliphatic rings. The van der Waals surface area contributed by atoms with Gasteiger partial charge in [0.2, 0.25) is 0 Å². The normalized spacial score (nSPS) is 14.9. The lowest BCUT2D eigenvalue weighted by molar-refractivity contribution is 0.198. The molecule has 84 valence electrons. The lowest BCUT2D eigenvalue weighted by atomic mass is 10.2. The zero-order valence-corrected chi connectivity index (χ0v) is 9.87.